The van der Waals surface area contributed by atoms with Gasteiger partial charge in [-0.1, -0.05) is 0 Å². The molecule has 0 aromatic carbocycles. The fourth-order valence-electron chi connectivity index (χ4n) is 0.605. The third kappa shape index (κ3) is 1.15. The van der Waals surface area contributed by atoms with Gasteiger partial charge in [-0.3, -0.25) is 0 Å². The molecule has 0 aliphatic carbocycles. The van der Waals surface area contributed by atoms with E-state index in [1.54, 1.807) is 0 Å². The zero-order valence-electron chi connectivity index (χ0n) is 5.37. The van der Waals surface area contributed by atoms with Gasteiger partial charge in [-0.2, -0.15) is 9.12 Å². The predicted molar refractivity (Wildman–Crippen MR) is 31.9 cm³/mol. The Balaban J connectivity index is 3.07. The zero-order chi connectivity index (χ0) is 7.56. The van der Waals surface area contributed by atoms with Crippen LogP contribution in [0.4, 0.5) is 4.39 Å². The Morgan fingerprint density at radius 1 is 1.70 bits per heavy atom. The molecule has 0 saturated carbocycles. The lowest BCUT2D eigenvalue weighted by atomic mass is 10.4. The van der Waals surface area contributed by atoms with E-state index in [2.05, 4.69) is 4.74 Å². The van der Waals surface area contributed by atoms with Crippen LogP contribution in [0, 0.1) is 11.0 Å². The number of rotatable bonds is 1. The van der Waals surface area contributed by atoms with Gasteiger partial charge in [0.2, 0.25) is 12.0 Å². The van der Waals surface area contributed by atoms with E-state index in [0.29, 0.717) is 4.73 Å². The highest BCUT2D eigenvalue weighted by Crippen LogP contribution is 2.11. The third-order valence-corrected chi connectivity index (χ3v) is 1.07. The summed E-state index contributed by atoms with van der Waals surface area (Å²) in [5, 5.41) is 10.4. The van der Waals surface area contributed by atoms with Gasteiger partial charge in [0.1, 0.15) is 0 Å². The molecule has 1 aromatic rings. The molecule has 0 saturated heterocycles. The van der Waals surface area contributed by atoms with Crippen LogP contribution in [0.2, 0.25) is 0 Å². The predicted octanol–water partition coefficient (Wildman–Crippen LogP) is 0.468. The molecule has 0 fully saturated rings. The first-order valence-electron chi connectivity index (χ1n) is 2.66. The van der Waals surface area contributed by atoms with Crippen molar-refractivity contribution in [3.63, 3.8) is 0 Å². The summed E-state index contributed by atoms with van der Waals surface area (Å²) in [4.78, 5) is 0. The van der Waals surface area contributed by atoms with E-state index >= 15 is 0 Å². The summed E-state index contributed by atoms with van der Waals surface area (Å²) < 4.78 is 17.5. The molecule has 3 nitrogen and oxygen atoms in total. The van der Waals surface area contributed by atoms with Crippen LogP contribution in [0.5, 0.6) is 5.75 Å². The van der Waals surface area contributed by atoms with Crippen LogP contribution < -0.4 is 9.47 Å². The van der Waals surface area contributed by atoms with Gasteiger partial charge in [0, 0.05) is 6.07 Å². The largest absolute Gasteiger partial charge is 0.619 e. The van der Waals surface area contributed by atoms with Crippen molar-refractivity contribution < 1.29 is 13.9 Å². The summed E-state index contributed by atoms with van der Waals surface area (Å²) in [7, 11) is 1.34. The molecule has 1 aromatic heterocycles. The van der Waals surface area contributed by atoms with Crippen molar-refractivity contribution in [2.45, 2.75) is 0 Å². The first-order valence-corrected chi connectivity index (χ1v) is 2.66. The van der Waals surface area contributed by atoms with Crippen molar-refractivity contribution in [1.82, 2.24) is 0 Å². The maximum absolute atomic E-state index is 12.5. The number of methoxy groups -OCH3 is 1. The van der Waals surface area contributed by atoms with E-state index in [-0.39, 0.29) is 5.75 Å². The molecule has 0 bridgehead atoms. The Labute approximate surface area is 57.3 Å². The molecule has 0 unspecified atom stereocenters. The van der Waals surface area contributed by atoms with Gasteiger partial charge in [-0.15, -0.1) is 0 Å². The number of aromatic nitrogens is 1. The number of nitrogens with zero attached hydrogens (tertiary/aromatic N) is 1. The minimum absolute atomic E-state index is 0.0760. The smallest absolute Gasteiger partial charge is 0.229 e. The minimum atomic E-state index is -0.653. The summed E-state index contributed by atoms with van der Waals surface area (Å²) in [5.74, 6) is -0.577. The number of pyridine rings is 1. The molecule has 4 heteroatoms. The van der Waals surface area contributed by atoms with E-state index < -0.39 is 5.82 Å². The highest BCUT2D eigenvalue weighted by atomic mass is 19.1. The molecule has 0 atom stereocenters. The molecule has 0 radical (unpaired) electrons. The van der Waals surface area contributed by atoms with Gasteiger partial charge in [-0.05, 0) is 0 Å². The maximum Gasteiger partial charge on any atom is 0.229 e. The van der Waals surface area contributed by atoms with E-state index in [9.17, 15) is 9.60 Å². The second-order valence-electron chi connectivity index (χ2n) is 1.72. The maximum atomic E-state index is 12.5. The van der Waals surface area contributed by atoms with Crippen molar-refractivity contribution in [2.24, 2.45) is 0 Å². The molecule has 54 valence electrons. The Hall–Kier alpha value is -1.32. The lowest BCUT2D eigenvalue weighted by Crippen LogP contribution is -2.24. The lowest BCUT2D eigenvalue weighted by Gasteiger charge is -1.99. The molecule has 1 heterocycles. The Morgan fingerprint density at radius 2 is 2.40 bits per heavy atom. The van der Waals surface area contributed by atoms with Crippen molar-refractivity contribution >= 4 is 0 Å². The summed E-state index contributed by atoms with van der Waals surface area (Å²) in [6.07, 6.45) is 1.97. The highest BCUT2D eigenvalue weighted by Gasteiger charge is 2.03. The third-order valence-electron chi connectivity index (χ3n) is 1.07. The average molecular weight is 143 g/mol. The van der Waals surface area contributed by atoms with Gasteiger partial charge < -0.3 is 9.94 Å². The van der Waals surface area contributed by atoms with Gasteiger partial charge in [0.25, 0.3) is 0 Å². The Morgan fingerprint density at radius 3 is 2.90 bits per heavy atom. The molecule has 0 spiro atoms. The van der Waals surface area contributed by atoms with Crippen LogP contribution >= 0.6 is 0 Å². The normalized spacial score (nSPS) is 9.40. The van der Waals surface area contributed by atoms with E-state index in [0.717, 1.165) is 6.20 Å². The van der Waals surface area contributed by atoms with Gasteiger partial charge >= 0.3 is 0 Å². The monoisotopic (exact) mass is 143 g/mol. The minimum Gasteiger partial charge on any atom is -0.619 e. The van der Waals surface area contributed by atoms with Crippen molar-refractivity contribution in [3.05, 3.63) is 29.5 Å². The second kappa shape index (κ2) is 2.51. The van der Waals surface area contributed by atoms with Crippen LogP contribution in [0.1, 0.15) is 0 Å². The fraction of sp³-hybridized carbons (Fsp3) is 0.167. The summed E-state index contributed by atoms with van der Waals surface area (Å²) in [6, 6.07) is 1.27. The Bertz CT molecular complexity index is 239. The zero-order valence-corrected chi connectivity index (χ0v) is 5.37. The van der Waals surface area contributed by atoms with Gasteiger partial charge in [0.05, 0.1) is 7.11 Å². The van der Waals surface area contributed by atoms with Crippen molar-refractivity contribution in [1.29, 1.82) is 0 Å². The van der Waals surface area contributed by atoms with Crippen molar-refractivity contribution in [3.8, 4) is 5.75 Å². The average Bonchev–Trinajstić information content (AvgIpc) is 1.88. The number of hydrogen-bond acceptors (Lipinski definition) is 2. The second-order valence-corrected chi connectivity index (χ2v) is 1.72. The molecule has 0 aliphatic heterocycles. The standard InChI is InChI=1S/C6H6FNO2/c1-10-6-2-3-8(9)4-5(6)7/h2-4H,1H3. The van der Waals surface area contributed by atoms with Gasteiger partial charge in [-0.25, -0.2) is 0 Å². The number of hydrogen-bond donors (Lipinski definition) is 0. The van der Waals surface area contributed by atoms with Crippen LogP contribution in [-0.4, -0.2) is 7.11 Å². The summed E-state index contributed by atoms with van der Waals surface area (Å²) >= 11 is 0. The molecular formula is C6H6FNO2. The molecule has 0 aliphatic rings. The van der Waals surface area contributed by atoms with Crippen LogP contribution in [0.15, 0.2) is 18.5 Å². The molecule has 10 heavy (non-hydrogen) atoms. The van der Waals surface area contributed by atoms with E-state index in [4.69, 9.17) is 0 Å². The quantitative estimate of drug-likeness (QED) is 0.423. The molecule has 0 amide bonds. The first kappa shape index (κ1) is 6.80. The fourth-order valence-corrected chi connectivity index (χ4v) is 0.605. The number of ether oxygens (including phenoxy) is 1. The summed E-state index contributed by atoms with van der Waals surface area (Å²) in [6.45, 7) is 0. The molecular weight excluding hydrogens is 137 g/mol. The van der Waals surface area contributed by atoms with Crippen LogP contribution in [0.25, 0.3) is 0 Å². The number of halogens is 1. The van der Waals surface area contributed by atoms with Crippen molar-refractivity contribution in [2.75, 3.05) is 7.11 Å². The first-order chi connectivity index (χ1) is 4.74. The Kier molecular flexibility index (Phi) is 1.71. The highest BCUT2D eigenvalue weighted by molar-refractivity contribution is 5.17. The van der Waals surface area contributed by atoms with Crippen LogP contribution in [-0.2, 0) is 0 Å². The van der Waals surface area contributed by atoms with E-state index in [1.165, 1.54) is 19.4 Å². The van der Waals surface area contributed by atoms with E-state index in [1.807, 2.05) is 0 Å². The summed E-state index contributed by atoms with van der Waals surface area (Å²) in [5.41, 5.74) is 0. The van der Waals surface area contributed by atoms with Gasteiger partial charge in [0.15, 0.2) is 11.9 Å². The van der Waals surface area contributed by atoms with Crippen LogP contribution in [0.3, 0.4) is 0 Å². The SMILES string of the molecule is COc1cc[n+]([O-])cc1F. The topological polar surface area (TPSA) is 36.2 Å². The molecule has 0 N–H and O–H groups in total. The molecule has 1 rings (SSSR count). The lowest BCUT2D eigenvalue weighted by molar-refractivity contribution is -0.607.